The van der Waals surface area contributed by atoms with Gasteiger partial charge in [0, 0.05) is 17.5 Å². The van der Waals surface area contributed by atoms with E-state index in [4.69, 9.17) is 4.74 Å². The van der Waals surface area contributed by atoms with E-state index in [1.165, 1.54) is 29.0 Å². The van der Waals surface area contributed by atoms with E-state index in [-0.39, 0.29) is 25.4 Å². The number of nitrogens with zero attached hydrogens (tertiary/aromatic N) is 1. The van der Waals surface area contributed by atoms with Gasteiger partial charge in [-0.1, -0.05) is 43.3 Å². The number of rotatable bonds is 8. The van der Waals surface area contributed by atoms with Gasteiger partial charge in [-0.15, -0.1) is 11.3 Å². The lowest BCUT2D eigenvalue weighted by molar-refractivity contribution is -0.147. The summed E-state index contributed by atoms with van der Waals surface area (Å²) in [5, 5.41) is 5.28. The smallest absolute Gasteiger partial charge is 0.312 e. The van der Waals surface area contributed by atoms with Crippen molar-refractivity contribution in [1.82, 2.24) is 10.3 Å². The molecule has 0 fully saturated rings. The Kier molecular flexibility index (Phi) is 7.08. The van der Waals surface area contributed by atoms with Crippen molar-refractivity contribution in [3.05, 3.63) is 76.5 Å². The Morgan fingerprint density at radius 2 is 1.76 bits per heavy atom. The predicted molar refractivity (Wildman–Crippen MR) is 110 cm³/mol. The molecule has 0 saturated heterocycles. The van der Waals surface area contributed by atoms with Gasteiger partial charge in [0.05, 0.1) is 12.1 Å². The minimum atomic E-state index is -0.514. The van der Waals surface area contributed by atoms with Crippen LogP contribution < -0.4 is 5.32 Å². The first-order valence-corrected chi connectivity index (χ1v) is 10.1. The predicted octanol–water partition coefficient (Wildman–Crippen LogP) is 3.91. The quantitative estimate of drug-likeness (QED) is 0.570. The molecule has 1 amide bonds. The highest BCUT2D eigenvalue weighted by molar-refractivity contribution is 7.13. The molecule has 0 bridgehead atoms. The number of carbonyl (C=O) groups excluding carboxylic acids is 2. The number of thiazole rings is 1. The van der Waals surface area contributed by atoms with E-state index in [2.05, 4.69) is 29.4 Å². The second-order valence-corrected chi connectivity index (χ2v) is 7.29. The maximum atomic E-state index is 12.9. The van der Waals surface area contributed by atoms with Gasteiger partial charge in [0.25, 0.3) is 5.91 Å². The summed E-state index contributed by atoms with van der Waals surface area (Å²) < 4.78 is 17.9. The zero-order chi connectivity index (χ0) is 20.6. The maximum Gasteiger partial charge on any atom is 0.312 e. The summed E-state index contributed by atoms with van der Waals surface area (Å²) in [7, 11) is 0. The van der Waals surface area contributed by atoms with Crippen LogP contribution in [0.5, 0.6) is 0 Å². The molecule has 0 aliphatic heterocycles. The Labute approximate surface area is 172 Å². The second kappa shape index (κ2) is 9.93. The highest BCUT2D eigenvalue weighted by Gasteiger charge is 2.12. The van der Waals surface area contributed by atoms with Crippen molar-refractivity contribution in [1.29, 1.82) is 0 Å². The Morgan fingerprint density at radius 1 is 1.07 bits per heavy atom. The van der Waals surface area contributed by atoms with E-state index in [9.17, 15) is 14.0 Å². The standard InChI is InChI=1S/C22H21FN2O3S/c1-2-15-3-7-17(8-4-15)22-25-19(14-29-22)11-21(27)28-13-20(26)24-12-16-5-9-18(23)10-6-16/h3-10,14H,2,11-13H2,1H3,(H,24,26). The van der Waals surface area contributed by atoms with Crippen LogP contribution in [0.15, 0.2) is 53.9 Å². The number of ether oxygens (including phenoxy) is 1. The van der Waals surface area contributed by atoms with Crippen molar-refractivity contribution >= 4 is 23.2 Å². The minimum absolute atomic E-state index is 0.00872. The molecule has 3 rings (SSSR count). The third kappa shape index (κ3) is 6.22. The third-order valence-electron chi connectivity index (χ3n) is 4.25. The van der Waals surface area contributed by atoms with Crippen molar-refractivity contribution in [2.45, 2.75) is 26.3 Å². The van der Waals surface area contributed by atoms with Crippen molar-refractivity contribution in [2.24, 2.45) is 0 Å². The largest absolute Gasteiger partial charge is 0.455 e. The number of aryl methyl sites for hydroxylation is 1. The Bertz CT molecular complexity index is 968. The van der Waals surface area contributed by atoms with Crippen LogP contribution in [-0.4, -0.2) is 23.5 Å². The fourth-order valence-corrected chi connectivity index (χ4v) is 3.43. The summed E-state index contributed by atoms with van der Waals surface area (Å²) >= 11 is 1.46. The van der Waals surface area contributed by atoms with Gasteiger partial charge in [-0.2, -0.15) is 0 Å². The molecule has 150 valence electrons. The molecule has 1 aromatic heterocycles. The molecule has 3 aromatic rings. The molecule has 0 radical (unpaired) electrons. The first kappa shape index (κ1) is 20.7. The van der Waals surface area contributed by atoms with Crippen LogP contribution in [0.1, 0.15) is 23.7 Å². The number of benzene rings is 2. The Morgan fingerprint density at radius 3 is 2.45 bits per heavy atom. The number of carbonyl (C=O) groups is 2. The molecule has 29 heavy (non-hydrogen) atoms. The Hall–Kier alpha value is -3.06. The number of aromatic nitrogens is 1. The van der Waals surface area contributed by atoms with Crippen molar-refractivity contribution in [2.75, 3.05) is 6.61 Å². The van der Waals surface area contributed by atoms with Gasteiger partial charge in [0.15, 0.2) is 6.61 Å². The van der Waals surface area contributed by atoms with Crippen LogP contribution in [0.3, 0.4) is 0 Å². The van der Waals surface area contributed by atoms with Gasteiger partial charge in [0.1, 0.15) is 10.8 Å². The topological polar surface area (TPSA) is 68.3 Å². The zero-order valence-corrected chi connectivity index (χ0v) is 16.8. The van der Waals surface area contributed by atoms with E-state index in [0.29, 0.717) is 5.69 Å². The number of nitrogens with one attached hydrogen (secondary N) is 1. The van der Waals surface area contributed by atoms with Gasteiger partial charge in [-0.25, -0.2) is 9.37 Å². The van der Waals surface area contributed by atoms with Gasteiger partial charge < -0.3 is 10.1 Å². The molecule has 0 atom stereocenters. The molecular weight excluding hydrogens is 391 g/mol. The van der Waals surface area contributed by atoms with Gasteiger partial charge >= 0.3 is 5.97 Å². The fraction of sp³-hybridized carbons (Fsp3) is 0.227. The normalized spacial score (nSPS) is 10.6. The maximum absolute atomic E-state index is 12.9. The molecule has 0 saturated carbocycles. The molecular formula is C22H21FN2O3S. The van der Waals surface area contributed by atoms with Crippen LogP contribution in [0.2, 0.25) is 0 Å². The SMILES string of the molecule is CCc1ccc(-c2nc(CC(=O)OCC(=O)NCc3ccc(F)cc3)cs2)cc1. The summed E-state index contributed by atoms with van der Waals surface area (Å²) in [4.78, 5) is 28.3. The summed E-state index contributed by atoms with van der Waals surface area (Å²) in [6, 6.07) is 14.0. The molecule has 0 unspecified atom stereocenters. The van der Waals surface area contributed by atoms with E-state index >= 15 is 0 Å². The molecule has 1 heterocycles. The third-order valence-corrected chi connectivity index (χ3v) is 5.19. The van der Waals surface area contributed by atoms with Crippen LogP contribution in [0, 0.1) is 5.82 Å². The number of halogens is 1. The number of esters is 1. The number of hydrogen-bond acceptors (Lipinski definition) is 5. The minimum Gasteiger partial charge on any atom is -0.455 e. The van der Waals surface area contributed by atoms with E-state index in [0.717, 1.165) is 22.6 Å². The molecule has 0 aliphatic carbocycles. The van der Waals surface area contributed by atoms with Crippen LogP contribution in [-0.2, 0) is 33.7 Å². The summed E-state index contributed by atoms with van der Waals surface area (Å²) in [6.45, 7) is 1.98. The molecule has 1 N–H and O–H groups in total. The Balaban J connectivity index is 1.43. The first-order valence-electron chi connectivity index (χ1n) is 9.24. The summed E-state index contributed by atoms with van der Waals surface area (Å²) in [5.41, 5.74) is 3.63. The summed E-state index contributed by atoms with van der Waals surface area (Å²) in [6.07, 6.45) is 0.988. The monoisotopic (exact) mass is 412 g/mol. The molecule has 0 spiro atoms. The second-order valence-electron chi connectivity index (χ2n) is 6.44. The fourth-order valence-electron chi connectivity index (χ4n) is 2.60. The van der Waals surface area contributed by atoms with Gasteiger partial charge in [-0.05, 0) is 29.7 Å². The van der Waals surface area contributed by atoms with E-state index in [1.54, 1.807) is 12.1 Å². The highest BCUT2D eigenvalue weighted by Crippen LogP contribution is 2.24. The van der Waals surface area contributed by atoms with Crippen molar-refractivity contribution < 1.29 is 18.7 Å². The molecule has 0 aliphatic rings. The van der Waals surface area contributed by atoms with E-state index < -0.39 is 11.9 Å². The average Bonchev–Trinajstić information content (AvgIpc) is 3.20. The van der Waals surface area contributed by atoms with Crippen molar-refractivity contribution in [3.8, 4) is 10.6 Å². The van der Waals surface area contributed by atoms with Crippen LogP contribution in [0.4, 0.5) is 4.39 Å². The molecule has 5 nitrogen and oxygen atoms in total. The molecule has 2 aromatic carbocycles. The lowest BCUT2D eigenvalue weighted by Crippen LogP contribution is -2.28. The van der Waals surface area contributed by atoms with Crippen molar-refractivity contribution in [3.63, 3.8) is 0 Å². The van der Waals surface area contributed by atoms with Crippen LogP contribution in [0.25, 0.3) is 10.6 Å². The van der Waals surface area contributed by atoms with Crippen LogP contribution >= 0.6 is 11.3 Å². The zero-order valence-electron chi connectivity index (χ0n) is 16.0. The van der Waals surface area contributed by atoms with E-state index in [1.807, 2.05) is 17.5 Å². The highest BCUT2D eigenvalue weighted by atomic mass is 32.1. The lowest BCUT2D eigenvalue weighted by Gasteiger charge is -2.06. The molecule has 7 heteroatoms. The number of hydrogen-bond donors (Lipinski definition) is 1. The average molecular weight is 412 g/mol. The first-order chi connectivity index (χ1) is 14.0. The lowest BCUT2D eigenvalue weighted by atomic mass is 10.1. The summed E-state index contributed by atoms with van der Waals surface area (Å²) in [5.74, 6) is -1.27. The number of amides is 1. The van der Waals surface area contributed by atoms with Gasteiger partial charge in [-0.3, -0.25) is 9.59 Å². The van der Waals surface area contributed by atoms with Gasteiger partial charge in [0.2, 0.25) is 0 Å².